The van der Waals surface area contributed by atoms with Crippen molar-refractivity contribution in [2.24, 2.45) is 5.92 Å². The van der Waals surface area contributed by atoms with Crippen LogP contribution in [0.4, 0.5) is 0 Å². The number of hydrogen-bond donors (Lipinski definition) is 1. The van der Waals surface area contributed by atoms with Gasteiger partial charge < -0.3 is 5.32 Å². The van der Waals surface area contributed by atoms with Gasteiger partial charge in [0.15, 0.2) is 0 Å². The van der Waals surface area contributed by atoms with Crippen molar-refractivity contribution in [2.75, 3.05) is 13.1 Å². The normalized spacial score (nSPS) is 29.3. The number of aromatic nitrogens is 1. The quantitative estimate of drug-likeness (QED) is 0.895. The van der Waals surface area contributed by atoms with Gasteiger partial charge in [-0.15, -0.1) is 0 Å². The highest BCUT2D eigenvalue weighted by molar-refractivity contribution is 5.11. The van der Waals surface area contributed by atoms with E-state index in [-0.39, 0.29) is 5.54 Å². The molecule has 1 N–H and O–H groups in total. The highest BCUT2D eigenvalue weighted by Gasteiger charge is 2.37. The molecule has 0 radical (unpaired) electrons. The Morgan fingerprint density at radius 2 is 2.10 bits per heavy atom. The molecular weight excluding hydrogens is 246 g/mol. The van der Waals surface area contributed by atoms with Crippen molar-refractivity contribution >= 4 is 0 Å². The largest absolute Gasteiger partial charge is 0.311 e. The lowest BCUT2D eigenvalue weighted by molar-refractivity contribution is 0.0294. The van der Waals surface area contributed by atoms with Crippen LogP contribution in [0.25, 0.3) is 0 Å². The van der Waals surface area contributed by atoms with Crippen molar-refractivity contribution < 1.29 is 0 Å². The molecule has 20 heavy (non-hydrogen) atoms. The van der Waals surface area contributed by atoms with Crippen molar-refractivity contribution in [1.29, 1.82) is 0 Å². The highest BCUT2D eigenvalue weighted by Crippen LogP contribution is 2.27. The van der Waals surface area contributed by atoms with Crippen LogP contribution >= 0.6 is 0 Å². The predicted octanol–water partition coefficient (Wildman–Crippen LogP) is 3.07. The van der Waals surface area contributed by atoms with Gasteiger partial charge in [-0.1, -0.05) is 27.2 Å². The van der Waals surface area contributed by atoms with Crippen LogP contribution in [0.15, 0.2) is 24.5 Å². The maximum atomic E-state index is 4.12. The Hall–Kier alpha value is -0.930. The average molecular weight is 275 g/mol. The molecule has 1 aromatic rings. The molecule has 0 spiro atoms. The topological polar surface area (TPSA) is 28.2 Å². The molecule has 2 rings (SSSR count). The standard InChI is InChI=1S/C17H29N3/c1-5-14(3)16-12-20(17(4,6-2)13-19-16)11-15-7-9-18-10-8-15/h7-10,14,16,19H,5-6,11-13H2,1-4H3. The summed E-state index contributed by atoms with van der Waals surface area (Å²) in [6.07, 6.45) is 6.21. The van der Waals surface area contributed by atoms with E-state index >= 15 is 0 Å². The van der Waals surface area contributed by atoms with Crippen molar-refractivity contribution in [1.82, 2.24) is 15.2 Å². The number of rotatable bonds is 5. The molecule has 0 bridgehead atoms. The summed E-state index contributed by atoms with van der Waals surface area (Å²) < 4.78 is 0. The minimum Gasteiger partial charge on any atom is -0.311 e. The van der Waals surface area contributed by atoms with Crippen molar-refractivity contribution in [3.63, 3.8) is 0 Å². The lowest BCUT2D eigenvalue weighted by atomic mass is 9.87. The zero-order chi connectivity index (χ0) is 14.6. The Morgan fingerprint density at radius 3 is 2.70 bits per heavy atom. The molecule has 112 valence electrons. The first-order chi connectivity index (χ1) is 9.59. The molecule has 0 aromatic carbocycles. The van der Waals surface area contributed by atoms with Crippen LogP contribution in [0.2, 0.25) is 0 Å². The summed E-state index contributed by atoms with van der Waals surface area (Å²) in [5, 5.41) is 3.77. The van der Waals surface area contributed by atoms with Crippen LogP contribution in [0.1, 0.15) is 46.1 Å². The van der Waals surface area contributed by atoms with Crippen LogP contribution in [0, 0.1) is 5.92 Å². The van der Waals surface area contributed by atoms with Gasteiger partial charge in [0.25, 0.3) is 0 Å². The summed E-state index contributed by atoms with van der Waals surface area (Å²) >= 11 is 0. The fraction of sp³-hybridized carbons (Fsp3) is 0.706. The lowest BCUT2D eigenvalue weighted by Crippen LogP contribution is -2.63. The van der Waals surface area contributed by atoms with Gasteiger partial charge in [-0.25, -0.2) is 0 Å². The summed E-state index contributed by atoms with van der Waals surface area (Å²) in [5.41, 5.74) is 1.62. The summed E-state index contributed by atoms with van der Waals surface area (Å²) in [7, 11) is 0. The number of nitrogens with zero attached hydrogens (tertiary/aromatic N) is 2. The second-order valence-corrected chi connectivity index (χ2v) is 6.46. The summed E-state index contributed by atoms with van der Waals surface area (Å²) in [5.74, 6) is 0.733. The second-order valence-electron chi connectivity index (χ2n) is 6.46. The molecule has 0 saturated carbocycles. The van der Waals surface area contributed by atoms with Crippen molar-refractivity contribution in [3.8, 4) is 0 Å². The zero-order valence-electron chi connectivity index (χ0n) is 13.4. The molecule has 1 aliphatic rings. The Balaban J connectivity index is 2.11. The monoisotopic (exact) mass is 275 g/mol. The SMILES string of the molecule is CCC(C)C1CN(Cc2ccncc2)C(C)(CC)CN1. The first-order valence-electron chi connectivity index (χ1n) is 7.96. The van der Waals surface area contributed by atoms with Crippen LogP contribution < -0.4 is 5.32 Å². The van der Waals surface area contributed by atoms with E-state index in [0.29, 0.717) is 6.04 Å². The van der Waals surface area contributed by atoms with E-state index in [4.69, 9.17) is 0 Å². The van der Waals surface area contributed by atoms with Gasteiger partial charge in [0.1, 0.15) is 0 Å². The molecule has 3 atom stereocenters. The molecular formula is C17H29N3. The molecule has 3 unspecified atom stereocenters. The van der Waals surface area contributed by atoms with E-state index in [9.17, 15) is 0 Å². The molecule has 0 amide bonds. The first kappa shape index (κ1) is 15.5. The average Bonchev–Trinajstić information content (AvgIpc) is 2.50. The third-order valence-electron chi connectivity index (χ3n) is 5.14. The minimum atomic E-state index is 0.257. The smallest absolute Gasteiger partial charge is 0.0307 e. The number of pyridine rings is 1. The molecule has 0 aliphatic carbocycles. The van der Waals surface area contributed by atoms with Crippen LogP contribution in [0.3, 0.4) is 0 Å². The molecule has 1 aliphatic heterocycles. The predicted molar refractivity (Wildman–Crippen MR) is 84.6 cm³/mol. The second kappa shape index (κ2) is 6.68. The number of nitrogens with one attached hydrogen (secondary N) is 1. The van der Waals surface area contributed by atoms with E-state index < -0.39 is 0 Å². The van der Waals surface area contributed by atoms with Crippen LogP contribution in [-0.4, -0.2) is 34.6 Å². The maximum absolute atomic E-state index is 4.12. The molecule has 3 nitrogen and oxygen atoms in total. The summed E-state index contributed by atoms with van der Waals surface area (Å²) in [6.45, 7) is 12.6. The summed E-state index contributed by atoms with van der Waals surface area (Å²) in [4.78, 5) is 6.78. The van der Waals surface area contributed by atoms with E-state index in [0.717, 1.165) is 25.6 Å². The van der Waals surface area contributed by atoms with E-state index in [1.165, 1.54) is 18.4 Å². The number of piperazine rings is 1. The highest BCUT2D eigenvalue weighted by atomic mass is 15.3. The van der Waals surface area contributed by atoms with E-state index in [2.05, 4.69) is 55.0 Å². The summed E-state index contributed by atoms with van der Waals surface area (Å²) in [6, 6.07) is 4.88. The lowest BCUT2D eigenvalue weighted by Gasteiger charge is -2.49. The van der Waals surface area contributed by atoms with Gasteiger partial charge in [-0.3, -0.25) is 9.88 Å². The van der Waals surface area contributed by atoms with Gasteiger partial charge in [-0.2, -0.15) is 0 Å². The molecule has 2 heterocycles. The Morgan fingerprint density at radius 1 is 1.40 bits per heavy atom. The fourth-order valence-electron chi connectivity index (χ4n) is 2.96. The van der Waals surface area contributed by atoms with Gasteiger partial charge in [0, 0.05) is 43.6 Å². The van der Waals surface area contributed by atoms with Gasteiger partial charge in [-0.05, 0) is 37.0 Å². The molecule has 1 saturated heterocycles. The van der Waals surface area contributed by atoms with Crippen LogP contribution in [0.5, 0.6) is 0 Å². The Labute approximate surface area is 123 Å². The van der Waals surface area contributed by atoms with Gasteiger partial charge in [0.2, 0.25) is 0 Å². The Kier molecular flexibility index (Phi) is 5.17. The molecule has 1 fully saturated rings. The third-order valence-corrected chi connectivity index (χ3v) is 5.14. The maximum Gasteiger partial charge on any atom is 0.0307 e. The van der Waals surface area contributed by atoms with Gasteiger partial charge >= 0.3 is 0 Å². The fourth-order valence-corrected chi connectivity index (χ4v) is 2.96. The van der Waals surface area contributed by atoms with E-state index in [1.54, 1.807) is 0 Å². The zero-order valence-corrected chi connectivity index (χ0v) is 13.4. The van der Waals surface area contributed by atoms with Gasteiger partial charge in [0.05, 0.1) is 0 Å². The first-order valence-corrected chi connectivity index (χ1v) is 7.96. The third kappa shape index (κ3) is 3.39. The molecule has 3 heteroatoms. The van der Waals surface area contributed by atoms with E-state index in [1.807, 2.05) is 12.4 Å². The minimum absolute atomic E-state index is 0.257. The van der Waals surface area contributed by atoms with Crippen molar-refractivity contribution in [2.45, 2.75) is 58.7 Å². The van der Waals surface area contributed by atoms with Crippen molar-refractivity contribution in [3.05, 3.63) is 30.1 Å². The molecule has 1 aromatic heterocycles. The number of hydrogen-bond acceptors (Lipinski definition) is 3. The van der Waals surface area contributed by atoms with Crippen LogP contribution in [-0.2, 0) is 6.54 Å². The Bertz CT molecular complexity index is 406.